The van der Waals surface area contributed by atoms with Crippen LogP contribution >= 0.6 is 0 Å². The first-order valence-corrected chi connectivity index (χ1v) is 34.2. The van der Waals surface area contributed by atoms with Crippen molar-refractivity contribution in [1.29, 1.82) is 0 Å². The largest absolute Gasteiger partial charge is 0.299 e. The Balaban J connectivity index is -0.000000146. The van der Waals surface area contributed by atoms with E-state index in [2.05, 4.69) is 179 Å². The van der Waals surface area contributed by atoms with Crippen LogP contribution in [0.25, 0.3) is 0 Å². The van der Waals surface area contributed by atoms with Crippen molar-refractivity contribution in [2.24, 2.45) is 29.1 Å². The van der Waals surface area contributed by atoms with Gasteiger partial charge in [0.25, 0.3) is 0 Å². The van der Waals surface area contributed by atoms with E-state index in [-0.39, 0.29) is 37.1 Å². The van der Waals surface area contributed by atoms with Crippen LogP contribution in [0.2, 0.25) is 0 Å². The lowest BCUT2D eigenvalue weighted by molar-refractivity contribution is 0.108. The highest BCUT2D eigenvalue weighted by Gasteiger charge is 2.30. The molecule has 0 spiro atoms. The lowest BCUT2D eigenvalue weighted by Gasteiger charge is -2.38. The fourth-order valence-electron chi connectivity index (χ4n) is 11.2. The fraction of sp³-hybridized carbons (Fsp3) is 0.738. The molecule has 7 nitrogen and oxygen atoms in total. The van der Waals surface area contributed by atoms with Gasteiger partial charge in [-0.25, -0.2) is 0 Å². The van der Waals surface area contributed by atoms with Gasteiger partial charge in [0.1, 0.15) is 0 Å². The van der Waals surface area contributed by atoms with Crippen LogP contribution in [0.3, 0.4) is 0 Å². The van der Waals surface area contributed by atoms with Crippen molar-refractivity contribution in [3.63, 3.8) is 0 Å². The molecule has 3 unspecified atom stereocenters. The van der Waals surface area contributed by atoms with E-state index in [4.69, 9.17) is 0 Å². The zero-order chi connectivity index (χ0) is 63.1. The van der Waals surface area contributed by atoms with Crippen LogP contribution in [-0.2, 0) is 6.54 Å². The first kappa shape index (κ1) is 99.7. The summed E-state index contributed by atoms with van der Waals surface area (Å²) in [6, 6.07) is 31.0. The van der Waals surface area contributed by atoms with Crippen molar-refractivity contribution in [2.45, 2.75) is 329 Å². The third-order valence-corrected chi connectivity index (χ3v) is 17.0. The normalized spacial score (nSPS) is 20.1. The second-order valence-electron chi connectivity index (χ2n) is 23.0. The smallest absolute Gasteiger partial charge is 0.0572 e. The predicted octanol–water partition coefficient (Wildman–Crippen LogP) is 25.3. The number of pyridine rings is 3. The van der Waals surface area contributed by atoms with Gasteiger partial charge in [0, 0.05) is 67.6 Å². The molecule has 87 heavy (non-hydrogen) atoms. The van der Waals surface area contributed by atoms with E-state index in [9.17, 15) is 0 Å². The highest BCUT2D eigenvalue weighted by molar-refractivity contribution is 5.15. The summed E-state index contributed by atoms with van der Waals surface area (Å²) >= 11 is 0. The Hall–Kier alpha value is -3.49. The number of rotatable bonds is 11. The minimum absolute atomic E-state index is 0. The van der Waals surface area contributed by atoms with Gasteiger partial charge >= 0.3 is 0 Å². The first-order chi connectivity index (χ1) is 39.6. The molecule has 3 atom stereocenters. The third kappa shape index (κ3) is 40.8. The Morgan fingerprint density at radius 2 is 0.736 bits per heavy atom. The number of nitrogens with zero attached hydrogens (tertiary/aromatic N) is 7. The van der Waals surface area contributed by atoms with E-state index in [0.29, 0.717) is 23.5 Å². The van der Waals surface area contributed by atoms with Gasteiger partial charge in [-0.1, -0.05) is 224 Å². The molecule has 1 aliphatic heterocycles. The highest BCUT2D eigenvalue weighted by Crippen LogP contribution is 2.36. The molecular weight excluding hydrogens is 1060 g/mol. The van der Waals surface area contributed by atoms with Crippen molar-refractivity contribution < 1.29 is 0 Å². The summed E-state index contributed by atoms with van der Waals surface area (Å²) in [7, 11) is 6.76. The molecule has 0 bridgehead atoms. The summed E-state index contributed by atoms with van der Waals surface area (Å²) in [4.78, 5) is 23.3. The molecule has 0 radical (unpaired) electrons. The van der Waals surface area contributed by atoms with E-state index in [1.807, 2.05) is 140 Å². The summed E-state index contributed by atoms with van der Waals surface area (Å²) in [5.41, 5.74) is 5.64. The molecule has 0 amide bonds. The molecule has 4 aliphatic rings. The van der Waals surface area contributed by atoms with Gasteiger partial charge in [-0.05, 0) is 215 Å². The minimum Gasteiger partial charge on any atom is -0.299 e. The molecular formula is C80H159N7. The highest BCUT2D eigenvalue weighted by atomic mass is 15.2. The Morgan fingerprint density at radius 3 is 1.02 bits per heavy atom. The monoisotopic (exact) mass is 1220 g/mol. The zero-order valence-corrected chi connectivity index (χ0v) is 59.2. The molecule has 1 saturated heterocycles. The Labute approximate surface area is 550 Å². The van der Waals surface area contributed by atoms with E-state index < -0.39 is 0 Å². The lowest BCUT2D eigenvalue weighted by atomic mass is 9.75. The van der Waals surface area contributed by atoms with Crippen LogP contribution in [0.1, 0.15) is 327 Å². The molecule has 4 aromatic rings. The maximum Gasteiger partial charge on any atom is 0.0572 e. The Kier molecular flexibility index (Phi) is 71.9. The van der Waals surface area contributed by atoms with Crippen molar-refractivity contribution >= 4 is 0 Å². The topological polar surface area (TPSA) is 51.6 Å². The number of aromatic nitrogens is 3. The SMILES string of the molecule is C.C.C.C.C.CC.CC.CC.CC.CC.CC.CC.CC(C)(C)C1CCN(Cc2ccccc2)CC1.CC1CCC(N(C)C(C)c2ccccn2)CC1.CC1CCC(N(C)C(C)c2ccccn2)CC1.CC1CCC(N(C)C(C)c2cccnc2)CC1. The molecule has 8 rings (SSSR count). The summed E-state index contributed by atoms with van der Waals surface area (Å²) < 4.78 is 0. The summed E-state index contributed by atoms with van der Waals surface area (Å²) in [6.07, 6.45) is 26.7. The second-order valence-corrected chi connectivity index (χ2v) is 23.0. The summed E-state index contributed by atoms with van der Waals surface area (Å²) in [5.74, 6) is 3.66. The molecule has 0 N–H and O–H groups in total. The van der Waals surface area contributed by atoms with E-state index in [1.54, 1.807) is 0 Å². The third-order valence-electron chi connectivity index (χ3n) is 17.0. The van der Waals surface area contributed by atoms with Crippen LogP contribution < -0.4 is 0 Å². The van der Waals surface area contributed by atoms with Crippen LogP contribution in [0.4, 0.5) is 0 Å². The second kappa shape index (κ2) is 62.7. The Bertz CT molecular complexity index is 1710. The van der Waals surface area contributed by atoms with Crippen molar-refractivity contribution in [3.05, 3.63) is 126 Å². The maximum atomic E-state index is 4.47. The van der Waals surface area contributed by atoms with Gasteiger partial charge in [0.05, 0.1) is 11.4 Å². The summed E-state index contributed by atoms with van der Waals surface area (Å²) in [5, 5.41) is 0. The molecule has 514 valence electrons. The number of benzene rings is 1. The average molecular weight is 1220 g/mol. The van der Waals surface area contributed by atoms with Gasteiger partial charge in [-0.15, -0.1) is 0 Å². The zero-order valence-electron chi connectivity index (χ0n) is 59.2. The molecule has 4 fully saturated rings. The summed E-state index contributed by atoms with van der Waals surface area (Å²) in [6.45, 7) is 52.7. The van der Waals surface area contributed by atoms with Crippen molar-refractivity contribution in [2.75, 3.05) is 34.2 Å². The maximum absolute atomic E-state index is 4.47. The van der Waals surface area contributed by atoms with Gasteiger partial charge in [0.15, 0.2) is 0 Å². The fourth-order valence-corrected chi connectivity index (χ4v) is 11.2. The lowest BCUT2D eigenvalue weighted by Crippen LogP contribution is -2.37. The predicted molar refractivity (Wildman–Crippen MR) is 402 cm³/mol. The Morgan fingerprint density at radius 1 is 0.414 bits per heavy atom. The molecule has 3 aromatic heterocycles. The van der Waals surface area contributed by atoms with Crippen LogP contribution in [-0.4, -0.2) is 86.9 Å². The van der Waals surface area contributed by atoms with Gasteiger partial charge in [-0.2, -0.15) is 0 Å². The number of hydrogen-bond acceptors (Lipinski definition) is 7. The average Bonchev–Trinajstić information content (AvgIpc) is 3.68. The first-order valence-electron chi connectivity index (χ1n) is 34.2. The van der Waals surface area contributed by atoms with E-state index >= 15 is 0 Å². The number of likely N-dealkylation sites (tertiary alicyclic amines) is 1. The quantitative estimate of drug-likeness (QED) is 0.148. The molecule has 7 heteroatoms. The van der Waals surface area contributed by atoms with Gasteiger partial charge in [-0.3, -0.25) is 34.6 Å². The molecule has 4 heterocycles. The van der Waals surface area contributed by atoms with Crippen molar-refractivity contribution in [3.8, 4) is 0 Å². The van der Waals surface area contributed by atoms with Crippen LogP contribution in [0.15, 0.2) is 104 Å². The molecule has 3 aliphatic carbocycles. The standard InChI is InChI=1S/C16H25N.3C15H24N2.7C2H6.5CH4/c1-16(2,3)15-9-11-17(12-10-15)13-14-7-5-4-6-8-14;1-12-6-8-15(9-7-12)17(3)13(2)14-5-4-10-16-11-14;2*1-12-7-9-14(10-8-12)17(3)13(2)15-6-4-5-11-16-15;7*1-2;;;;;/h4-8,15H,9-13H2,1-3H3;4-5,10-13,15H,6-9H2,1-3H3;2*4-6,11-14H,7-10H2,1-3H3;7*1-2H3;5*1H4. The molecule has 1 aromatic carbocycles. The minimum atomic E-state index is 0. The number of piperidine rings is 1. The van der Waals surface area contributed by atoms with Crippen LogP contribution in [0, 0.1) is 29.1 Å². The van der Waals surface area contributed by atoms with Crippen molar-refractivity contribution in [1.82, 2.24) is 34.6 Å². The van der Waals surface area contributed by atoms with E-state index in [0.717, 1.165) is 48.3 Å². The van der Waals surface area contributed by atoms with E-state index in [1.165, 1.54) is 125 Å². The van der Waals surface area contributed by atoms with Gasteiger partial charge < -0.3 is 0 Å². The number of hydrogen-bond donors (Lipinski definition) is 0. The molecule has 3 saturated carbocycles. The van der Waals surface area contributed by atoms with Crippen LogP contribution in [0.5, 0.6) is 0 Å². The van der Waals surface area contributed by atoms with Gasteiger partial charge in [0.2, 0.25) is 0 Å².